The van der Waals surface area contributed by atoms with E-state index in [-0.39, 0.29) is 13.0 Å². The highest BCUT2D eigenvalue weighted by atomic mass is 19.4. The third kappa shape index (κ3) is 3.49. The molecule has 0 bridgehead atoms. The Balaban J connectivity index is 2.80. The van der Waals surface area contributed by atoms with Crippen LogP contribution in [0, 0.1) is 0 Å². The number of carbonyl (C=O) groups excluding carboxylic acids is 1. The van der Waals surface area contributed by atoms with E-state index in [1.54, 1.807) is 20.8 Å². The summed E-state index contributed by atoms with van der Waals surface area (Å²) < 4.78 is 42.8. The molecular formula is C10H16F3NO3. The van der Waals surface area contributed by atoms with Gasteiger partial charge in [-0.2, -0.15) is 13.2 Å². The lowest BCUT2D eigenvalue weighted by Crippen LogP contribution is -2.50. The van der Waals surface area contributed by atoms with Crippen LogP contribution < -0.4 is 0 Å². The van der Waals surface area contributed by atoms with E-state index in [2.05, 4.69) is 0 Å². The second-order valence-corrected chi connectivity index (χ2v) is 5.02. The summed E-state index contributed by atoms with van der Waals surface area (Å²) in [6, 6.07) is -2.17. The summed E-state index contributed by atoms with van der Waals surface area (Å²) in [7, 11) is 0. The largest absolute Gasteiger partial charge is 0.444 e. The van der Waals surface area contributed by atoms with E-state index < -0.39 is 30.0 Å². The fourth-order valence-corrected chi connectivity index (χ4v) is 1.70. The van der Waals surface area contributed by atoms with Crippen LogP contribution in [-0.2, 0) is 4.74 Å². The van der Waals surface area contributed by atoms with E-state index >= 15 is 0 Å². The topological polar surface area (TPSA) is 49.8 Å². The van der Waals surface area contributed by atoms with Crippen LogP contribution in [0.3, 0.4) is 0 Å². The number of hydrogen-bond donors (Lipinski definition) is 1. The van der Waals surface area contributed by atoms with Gasteiger partial charge in [0.25, 0.3) is 0 Å². The molecule has 0 saturated carbocycles. The van der Waals surface area contributed by atoms with E-state index in [1.165, 1.54) is 0 Å². The molecule has 2 atom stereocenters. The van der Waals surface area contributed by atoms with Crippen LogP contribution in [0.1, 0.15) is 27.2 Å². The van der Waals surface area contributed by atoms with Crippen LogP contribution in [0.2, 0.25) is 0 Å². The summed E-state index contributed by atoms with van der Waals surface area (Å²) in [5.41, 5.74) is -0.860. The monoisotopic (exact) mass is 255 g/mol. The fraction of sp³-hybridized carbons (Fsp3) is 0.900. The van der Waals surface area contributed by atoms with Crippen molar-refractivity contribution in [2.24, 2.45) is 0 Å². The summed E-state index contributed by atoms with van der Waals surface area (Å²) >= 11 is 0. The molecule has 0 spiro atoms. The van der Waals surface area contributed by atoms with Gasteiger partial charge in [-0.3, -0.25) is 4.90 Å². The third-order valence-corrected chi connectivity index (χ3v) is 2.33. The number of nitrogens with zero attached hydrogens (tertiary/aromatic N) is 1. The van der Waals surface area contributed by atoms with Gasteiger partial charge in [-0.25, -0.2) is 4.79 Å². The quantitative estimate of drug-likeness (QED) is 0.719. The molecule has 0 radical (unpaired) electrons. The minimum atomic E-state index is -4.65. The standard InChI is InChI=1S/C10H16F3NO3/c1-9(2,3)17-8(16)14-5-4-6(15)7(14)10(11,12)13/h6-7,15H,4-5H2,1-3H3. The van der Waals surface area contributed by atoms with Gasteiger partial charge >= 0.3 is 12.3 Å². The summed E-state index contributed by atoms with van der Waals surface area (Å²) in [6.45, 7) is 4.56. The molecule has 0 aromatic rings. The normalized spacial score (nSPS) is 26.2. The summed E-state index contributed by atoms with van der Waals surface area (Å²) in [5.74, 6) is 0. The predicted octanol–water partition coefficient (Wildman–Crippen LogP) is 1.92. The molecule has 1 fully saturated rings. The molecule has 100 valence electrons. The van der Waals surface area contributed by atoms with Crippen LogP contribution in [0.5, 0.6) is 0 Å². The number of amides is 1. The van der Waals surface area contributed by atoms with Crippen molar-refractivity contribution in [2.75, 3.05) is 6.54 Å². The second-order valence-electron chi connectivity index (χ2n) is 5.02. The highest BCUT2D eigenvalue weighted by Gasteiger charge is 2.53. The molecule has 2 unspecified atom stereocenters. The Labute approximate surface area is 97.3 Å². The van der Waals surface area contributed by atoms with Crippen LogP contribution in [0.25, 0.3) is 0 Å². The lowest BCUT2D eigenvalue weighted by Gasteiger charge is -2.30. The highest BCUT2D eigenvalue weighted by Crippen LogP contribution is 2.33. The number of hydrogen-bond acceptors (Lipinski definition) is 3. The lowest BCUT2D eigenvalue weighted by atomic mass is 10.1. The van der Waals surface area contributed by atoms with Crippen molar-refractivity contribution >= 4 is 6.09 Å². The molecule has 0 aromatic carbocycles. The SMILES string of the molecule is CC(C)(C)OC(=O)N1CCC(O)C1C(F)(F)F. The average Bonchev–Trinajstić information content (AvgIpc) is 2.42. The first kappa shape index (κ1) is 14.1. The van der Waals surface area contributed by atoms with E-state index in [4.69, 9.17) is 4.74 Å². The molecule has 17 heavy (non-hydrogen) atoms. The van der Waals surface area contributed by atoms with Crippen molar-refractivity contribution in [1.82, 2.24) is 4.90 Å². The second kappa shape index (κ2) is 4.36. The van der Waals surface area contributed by atoms with Crippen molar-refractivity contribution in [3.63, 3.8) is 0 Å². The van der Waals surface area contributed by atoms with Gasteiger partial charge in [-0.1, -0.05) is 0 Å². The molecular weight excluding hydrogens is 239 g/mol. The molecule has 1 aliphatic rings. The Kier molecular flexibility index (Phi) is 3.61. The number of likely N-dealkylation sites (tertiary alicyclic amines) is 1. The Morgan fingerprint density at radius 1 is 1.35 bits per heavy atom. The maximum absolute atomic E-state index is 12.6. The van der Waals surface area contributed by atoms with Gasteiger partial charge in [0.15, 0.2) is 6.04 Å². The maximum atomic E-state index is 12.6. The van der Waals surface area contributed by atoms with E-state index in [9.17, 15) is 23.1 Å². The summed E-state index contributed by atoms with van der Waals surface area (Å²) in [6.07, 6.45) is -7.37. The highest BCUT2D eigenvalue weighted by molar-refractivity contribution is 5.69. The lowest BCUT2D eigenvalue weighted by molar-refractivity contribution is -0.190. The van der Waals surface area contributed by atoms with Gasteiger partial charge in [0, 0.05) is 6.54 Å². The molecule has 1 rings (SSSR count). The number of rotatable bonds is 0. The van der Waals surface area contributed by atoms with Crippen molar-refractivity contribution in [3.8, 4) is 0 Å². The predicted molar refractivity (Wildman–Crippen MR) is 53.4 cm³/mol. The van der Waals surface area contributed by atoms with Gasteiger partial charge in [-0.05, 0) is 27.2 Å². The molecule has 0 aliphatic carbocycles. The summed E-state index contributed by atoms with van der Waals surface area (Å²) in [4.78, 5) is 12.1. The Morgan fingerprint density at radius 2 is 1.88 bits per heavy atom. The number of aliphatic hydroxyl groups excluding tert-OH is 1. The van der Waals surface area contributed by atoms with Gasteiger partial charge < -0.3 is 9.84 Å². The number of halogens is 3. The van der Waals surface area contributed by atoms with Gasteiger partial charge in [0.1, 0.15) is 5.60 Å². The number of aliphatic hydroxyl groups is 1. The minimum Gasteiger partial charge on any atom is -0.444 e. The third-order valence-electron chi connectivity index (χ3n) is 2.33. The smallest absolute Gasteiger partial charge is 0.411 e. The average molecular weight is 255 g/mol. The van der Waals surface area contributed by atoms with Gasteiger partial charge in [-0.15, -0.1) is 0 Å². The first-order valence-corrected chi connectivity index (χ1v) is 5.27. The molecule has 0 aromatic heterocycles. The zero-order chi connectivity index (χ0) is 13.4. The zero-order valence-electron chi connectivity index (χ0n) is 9.91. The molecule has 1 saturated heterocycles. The molecule has 1 N–H and O–H groups in total. The van der Waals surface area contributed by atoms with Crippen molar-refractivity contribution in [2.45, 2.75) is 51.1 Å². The van der Waals surface area contributed by atoms with Crippen molar-refractivity contribution < 1.29 is 27.8 Å². The number of carbonyl (C=O) groups is 1. The fourth-order valence-electron chi connectivity index (χ4n) is 1.70. The molecule has 1 aliphatic heterocycles. The van der Waals surface area contributed by atoms with Crippen LogP contribution in [0.15, 0.2) is 0 Å². The molecule has 4 nitrogen and oxygen atoms in total. The van der Waals surface area contributed by atoms with Crippen molar-refractivity contribution in [3.05, 3.63) is 0 Å². The Bertz CT molecular complexity index is 298. The van der Waals surface area contributed by atoms with E-state index in [0.717, 1.165) is 0 Å². The van der Waals surface area contributed by atoms with Crippen LogP contribution in [0.4, 0.5) is 18.0 Å². The zero-order valence-corrected chi connectivity index (χ0v) is 9.91. The Morgan fingerprint density at radius 3 is 2.29 bits per heavy atom. The number of ether oxygens (including phenoxy) is 1. The molecule has 1 amide bonds. The van der Waals surface area contributed by atoms with E-state index in [0.29, 0.717) is 4.90 Å². The Hall–Kier alpha value is -0.980. The van der Waals surface area contributed by atoms with Crippen LogP contribution >= 0.6 is 0 Å². The number of alkyl halides is 3. The van der Waals surface area contributed by atoms with Gasteiger partial charge in [0.2, 0.25) is 0 Å². The van der Waals surface area contributed by atoms with E-state index in [1.807, 2.05) is 0 Å². The first-order chi connectivity index (χ1) is 7.52. The van der Waals surface area contributed by atoms with Crippen molar-refractivity contribution in [1.29, 1.82) is 0 Å². The van der Waals surface area contributed by atoms with Crippen LogP contribution in [-0.4, -0.2) is 46.6 Å². The first-order valence-electron chi connectivity index (χ1n) is 5.27. The molecule has 1 heterocycles. The van der Waals surface area contributed by atoms with Gasteiger partial charge in [0.05, 0.1) is 6.10 Å². The summed E-state index contributed by atoms with van der Waals surface area (Å²) in [5, 5.41) is 9.27. The minimum absolute atomic E-state index is 0.0938. The molecule has 7 heteroatoms. The maximum Gasteiger partial charge on any atom is 0.411 e.